The molecule has 146 valence electrons. The average molecular weight is 377 g/mol. The highest BCUT2D eigenvalue weighted by atomic mass is 16.8. The molecule has 1 N–H and O–H groups in total. The van der Waals surface area contributed by atoms with Crippen LogP contribution in [0, 0.1) is 0 Å². The number of nitrogens with zero attached hydrogens (tertiary/aromatic N) is 3. The molecular formula is C18H23N3O6. The summed E-state index contributed by atoms with van der Waals surface area (Å²) < 4.78 is 29.8. The van der Waals surface area contributed by atoms with E-state index in [1.54, 1.807) is 6.20 Å². The van der Waals surface area contributed by atoms with Gasteiger partial charge in [0.1, 0.15) is 36.4 Å². The van der Waals surface area contributed by atoms with Crippen LogP contribution in [0.1, 0.15) is 25.8 Å². The Morgan fingerprint density at radius 3 is 2.70 bits per heavy atom. The van der Waals surface area contributed by atoms with Crippen molar-refractivity contribution in [1.82, 2.24) is 15.0 Å². The molecule has 2 fully saturated rings. The summed E-state index contributed by atoms with van der Waals surface area (Å²) in [7, 11) is 1.53. The van der Waals surface area contributed by atoms with Crippen LogP contribution < -0.4 is 4.74 Å². The fourth-order valence-electron chi connectivity index (χ4n) is 3.35. The Morgan fingerprint density at radius 2 is 1.96 bits per heavy atom. The monoisotopic (exact) mass is 377 g/mol. The summed E-state index contributed by atoms with van der Waals surface area (Å²) in [6.07, 6.45) is -1.71. The number of aliphatic hydroxyl groups is 1. The van der Waals surface area contributed by atoms with Crippen molar-refractivity contribution >= 4 is 0 Å². The Balaban J connectivity index is 1.44. The molecule has 2 aromatic rings. The highest BCUT2D eigenvalue weighted by Crippen LogP contribution is 2.41. The minimum absolute atomic E-state index is 0.238. The van der Waals surface area contributed by atoms with Crippen LogP contribution in [0.5, 0.6) is 5.75 Å². The second kappa shape index (κ2) is 7.17. The van der Waals surface area contributed by atoms with E-state index in [4.69, 9.17) is 23.7 Å². The molecule has 2 saturated heterocycles. The van der Waals surface area contributed by atoms with Crippen LogP contribution in [0.2, 0.25) is 0 Å². The molecule has 1 aromatic carbocycles. The van der Waals surface area contributed by atoms with Gasteiger partial charge in [-0.15, -0.1) is 5.10 Å². The summed E-state index contributed by atoms with van der Waals surface area (Å²) in [6.45, 7) is 3.87. The Hall–Kier alpha value is -2.04. The first-order chi connectivity index (χ1) is 13.0. The summed E-state index contributed by atoms with van der Waals surface area (Å²) >= 11 is 0. The normalized spacial score (nSPS) is 30.2. The van der Waals surface area contributed by atoms with Gasteiger partial charge in [-0.25, -0.2) is 4.68 Å². The van der Waals surface area contributed by atoms with E-state index in [2.05, 4.69) is 10.3 Å². The second-order valence-electron chi connectivity index (χ2n) is 6.97. The van der Waals surface area contributed by atoms with Crippen molar-refractivity contribution in [2.24, 2.45) is 0 Å². The summed E-state index contributed by atoms with van der Waals surface area (Å²) in [5.74, 6) is -0.0403. The summed E-state index contributed by atoms with van der Waals surface area (Å²) in [5.41, 5.74) is 0.583. The zero-order chi connectivity index (χ0) is 19.0. The van der Waals surface area contributed by atoms with E-state index in [0.29, 0.717) is 5.69 Å². The lowest BCUT2D eigenvalue weighted by Crippen LogP contribution is -2.36. The van der Waals surface area contributed by atoms with E-state index in [-0.39, 0.29) is 6.61 Å². The molecule has 0 bridgehead atoms. The maximum absolute atomic E-state index is 10.8. The van der Waals surface area contributed by atoms with E-state index >= 15 is 0 Å². The van der Waals surface area contributed by atoms with Crippen LogP contribution >= 0.6 is 0 Å². The molecule has 1 unspecified atom stereocenters. The molecule has 0 spiro atoms. The second-order valence-corrected chi connectivity index (χ2v) is 6.97. The zero-order valence-electron chi connectivity index (χ0n) is 15.4. The average Bonchev–Trinajstić information content (AvgIpc) is 3.33. The Kier molecular flexibility index (Phi) is 4.87. The van der Waals surface area contributed by atoms with Crippen LogP contribution in [-0.2, 0) is 25.6 Å². The number of ether oxygens (including phenoxy) is 5. The van der Waals surface area contributed by atoms with Gasteiger partial charge in [0.25, 0.3) is 0 Å². The molecule has 5 atom stereocenters. The van der Waals surface area contributed by atoms with Gasteiger partial charge < -0.3 is 28.8 Å². The molecule has 2 aliphatic rings. The van der Waals surface area contributed by atoms with E-state index < -0.39 is 36.6 Å². The lowest BCUT2D eigenvalue weighted by Gasteiger charge is -2.25. The number of aromatic nitrogens is 3. The van der Waals surface area contributed by atoms with E-state index in [1.165, 1.54) is 11.8 Å². The third-order valence-electron chi connectivity index (χ3n) is 4.53. The highest BCUT2D eigenvalue weighted by Gasteiger charge is 2.57. The highest BCUT2D eigenvalue weighted by molar-refractivity contribution is 5.21. The first-order valence-corrected chi connectivity index (χ1v) is 8.77. The first kappa shape index (κ1) is 18.3. The van der Waals surface area contributed by atoms with Crippen LogP contribution in [-0.4, -0.2) is 57.6 Å². The lowest BCUT2D eigenvalue weighted by atomic mass is 10.1. The standard InChI is InChI=1S/C18H23N3O6/c1-18(2)26-13-14(25-17(23-3)15(13)27-18)16(22)21-9-11(19-20-21)10-24-12-7-5-4-6-8-12/h4-9,13-17,22H,10H2,1-3H3/t13-,14+,15-,16?,17-/m1/s1. The van der Waals surface area contributed by atoms with Gasteiger partial charge in [-0.2, -0.15) is 0 Å². The number of para-hydroxylation sites is 1. The van der Waals surface area contributed by atoms with Gasteiger partial charge in [-0.1, -0.05) is 23.4 Å². The molecule has 2 aliphatic heterocycles. The van der Waals surface area contributed by atoms with Crippen molar-refractivity contribution in [3.8, 4) is 5.75 Å². The lowest BCUT2D eigenvalue weighted by molar-refractivity contribution is -0.243. The number of hydrogen-bond donors (Lipinski definition) is 1. The van der Waals surface area contributed by atoms with Gasteiger partial charge >= 0.3 is 0 Å². The smallest absolute Gasteiger partial charge is 0.186 e. The molecule has 27 heavy (non-hydrogen) atoms. The quantitative estimate of drug-likeness (QED) is 0.803. The molecule has 1 aromatic heterocycles. The maximum atomic E-state index is 10.8. The first-order valence-electron chi connectivity index (χ1n) is 8.77. The molecule has 3 heterocycles. The zero-order valence-corrected chi connectivity index (χ0v) is 15.4. The molecule has 0 radical (unpaired) electrons. The molecule has 9 heteroatoms. The van der Waals surface area contributed by atoms with Crippen molar-refractivity contribution in [3.63, 3.8) is 0 Å². The number of benzene rings is 1. The fraction of sp³-hybridized carbons (Fsp3) is 0.556. The predicted octanol–water partition coefficient (Wildman–Crippen LogP) is 1.24. The minimum atomic E-state index is -1.10. The number of fused-ring (bicyclic) bond motifs is 1. The number of aliphatic hydroxyl groups excluding tert-OH is 1. The Morgan fingerprint density at radius 1 is 1.22 bits per heavy atom. The summed E-state index contributed by atoms with van der Waals surface area (Å²) in [4.78, 5) is 0. The predicted molar refractivity (Wildman–Crippen MR) is 91.5 cm³/mol. The maximum Gasteiger partial charge on any atom is 0.186 e. The van der Waals surface area contributed by atoms with Gasteiger partial charge in [0.05, 0.1) is 6.20 Å². The third kappa shape index (κ3) is 3.69. The fourth-order valence-corrected chi connectivity index (χ4v) is 3.35. The van der Waals surface area contributed by atoms with Crippen LogP contribution in [0.3, 0.4) is 0 Å². The summed E-state index contributed by atoms with van der Waals surface area (Å²) in [5, 5.41) is 18.8. The van der Waals surface area contributed by atoms with Gasteiger partial charge in [0.2, 0.25) is 0 Å². The van der Waals surface area contributed by atoms with Crippen molar-refractivity contribution in [2.45, 2.75) is 57.1 Å². The van der Waals surface area contributed by atoms with Crippen LogP contribution in [0.15, 0.2) is 36.5 Å². The van der Waals surface area contributed by atoms with E-state index in [9.17, 15) is 5.11 Å². The molecule has 0 amide bonds. The van der Waals surface area contributed by atoms with Crippen molar-refractivity contribution in [1.29, 1.82) is 0 Å². The van der Waals surface area contributed by atoms with Crippen molar-refractivity contribution < 1.29 is 28.8 Å². The van der Waals surface area contributed by atoms with Crippen LogP contribution in [0.4, 0.5) is 0 Å². The van der Waals surface area contributed by atoms with Gasteiger partial charge in [0, 0.05) is 7.11 Å². The Labute approximate surface area is 156 Å². The number of hydrogen-bond acceptors (Lipinski definition) is 8. The number of rotatable bonds is 6. The topological polar surface area (TPSA) is 97.1 Å². The SMILES string of the molecule is CO[C@@H]1O[C@H](C(O)n2cc(COc3ccccc3)nn2)[C@H]2OC(C)(C)O[C@@H]12. The van der Waals surface area contributed by atoms with E-state index in [1.807, 2.05) is 44.2 Å². The molecular weight excluding hydrogens is 354 g/mol. The molecule has 0 saturated carbocycles. The molecule has 0 aliphatic carbocycles. The van der Waals surface area contributed by atoms with Gasteiger partial charge in [0.15, 0.2) is 18.3 Å². The summed E-state index contributed by atoms with van der Waals surface area (Å²) in [6, 6.07) is 9.41. The largest absolute Gasteiger partial charge is 0.487 e. The molecule has 9 nitrogen and oxygen atoms in total. The minimum Gasteiger partial charge on any atom is -0.487 e. The molecule has 4 rings (SSSR count). The number of methoxy groups -OCH3 is 1. The van der Waals surface area contributed by atoms with Crippen LogP contribution in [0.25, 0.3) is 0 Å². The van der Waals surface area contributed by atoms with E-state index in [0.717, 1.165) is 5.75 Å². The van der Waals surface area contributed by atoms with Crippen molar-refractivity contribution in [2.75, 3.05) is 7.11 Å². The van der Waals surface area contributed by atoms with Gasteiger partial charge in [-0.05, 0) is 26.0 Å². The Bertz CT molecular complexity index is 767. The van der Waals surface area contributed by atoms with Crippen molar-refractivity contribution in [3.05, 3.63) is 42.2 Å². The third-order valence-corrected chi connectivity index (χ3v) is 4.53. The van der Waals surface area contributed by atoms with Gasteiger partial charge in [-0.3, -0.25) is 0 Å².